The lowest BCUT2D eigenvalue weighted by atomic mass is 10.2. The largest absolute Gasteiger partial charge is 0.464 e. The number of carbonyl (C=O) groups is 1. The predicted molar refractivity (Wildman–Crippen MR) is 57.4 cm³/mol. The molecule has 2 rings (SSSR count). The van der Waals surface area contributed by atoms with Gasteiger partial charge in [0, 0.05) is 18.8 Å². The maximum absolute atomic E-state index is 11.3. The third kappa shape index (κ3) is 1.77. The monoisotopic (exact) mass is 272 g/mol. The fraction of sp³-hybridized carbons (Fsp3) is 0.333. The molecule has 5 nitrogen and oxygen atoms in total. The van der Waals surface area contributed by atoms with Gasteiger partial charge >= 0.3 is 5.97 Å². The third-order valence-electron chi connectivity index (χ3n) is 2.30. The van der Waals surface area contributed by atoms with E-state index < -0.39 is 0 Å². The fourth-order valence-corrected chi connectivity index (χ4v) is 1.99. The number of halogens is 1. The number of cyclic esters (lactones) is 1. The van der Waals surface area contributed by atoms with E-state index in [2.05, 4.69) is 15.9 Å². The molecule has 1 aliphatic heterocycles. The number of nitrogen functional groups attached to an aromatic ring is 1. The molecule has 1 unspecified atom stereocenters. The van der Waals surface area contributed by atoms with Crippen molar-refractivity contribution in [1.29, 1.82) is 0 Å². The maximum atomic E-state index is 11.3. The van der Waals surface area contributed by atoms with Gasteiger partial charge in [0.1, 0.15) is 6.04 Å². The van der Waals surface area contributed by atoms with E-state index in [1.54, 1.807) is 10.8 Å². The number of rotatable bonds is 1. The van der Waals surface area contributed by atoms with Crippen LogP contribution in [-0.4, -0.2) is 17.1 Å². The Morgan fingerprint density at radius 1 is 1.47 bits per heavy atom. The van der Waals surface area contributed by atoms with E-state index in [4.69, 9.17) is 10.5 Å². The van der Waals surface area contributed by atoms with Gasteiger partial charge in [-0.15, -0.1) is 0 Å². The molecule has 0 radical (unpaired) electrons. The first-order valence-corrected chi connectivity index (χ1v) is 5.22. The number of hydrogen-bond acceptors (Lipinski definition) is 4. The Bertz CT molecular complexity index is 443. The third-order valence-corrected chi connectivity index (χ3v) is 2.86. The number of nitrogens with two attached hydrogens (primary N) is 1. The molecule has 2 heterocycles. The minimum atomic E-state index is -0.371. The fourth-order valence-electron chi connectivity index (χ4n) is 1.52. The van der Waals surface area contributed by atoms with Crippen LogP contribution in [0.15, 0.2) is 21.7 Å². The minimum absolute atomic E-state index is 0.115. The van der Waals surface area contributed by atoms with Crippen molar-refractivity contribution in [1.82, 2.24) is 4.57 Å². The summed E-state index contributed by atoms with van der Waals surface area (Å²) >= 11 is 3.10. The van der Waals surface area contributed by atoms with Crippen molar-refractivity contribution in [3.8, 4) is 0 Å². The summed E-state index contributed by atoms with van der Waals surface area (Å²) in [5, 5.41) is 0. The molecule has 1 aliphatic rings. The van der Waals surface area contributed by atoms with Crippen molar-refractivity contribution in [2.45, 2.75) is 12.5 Å². The molecule has 0 aromatic carbocycles. The Balaban J connectivity index is 2.45. The summed E-state index contributed by atoms with van der Waals surface area (Å²) in [6, 6.07) is -0.371. The van der Waals surface area contributed by atoms with E-state index in [1.807, 2.05) is 0 Å². The van der Waals surface area contributed by atoms with Crippen molar-refractivity contribution < 1.29 is 9.53 Å². The number of esters is 1. The van der Waals surface area contributed by atoms with Crippen LogP contribution in [0.25, 0.3) is 0 Å². The molecule has 1 atom stereocenters. The molecule has 0 aliphatic carbocycles. The van der Waals surface area contributed by atoms with Gasteiger partial charge in [0.05, 0.1) is 16.8 Å². The number of hydrogen-bond donors (Lipinski definition) is 1. The Morgan fingerprint density at radius 3 is 2.73 bits per heavy atom. The summed E-state index contributed by atoms with van der Waals surface area (Å²) in [7, 11) is 0. The lowest BCUT2D eigenvalue weighted by Gasteiger charge is -2.11. The average Bonchev–Trinajstić information content (AvgIpc) is 2.60. The number of ether oxygens (including phenoxy) is 1. The summed E-state index contributed by atoms with van der Waals surface area (Å²) in [5.74, 6) is -0.287. The van der Waals surface area contributed by atoms with Crippen LogP contribution >= 0.6 is 15.9 Å². The highest BCUT2D eigenvalue weighted by Crippen LogP contribution is 2.21. The standard InChI is InChI=1S/C9H9BrN2O3/c10-5-3-12(4-6(11)8(5)13)7-1-2-15-9(7)14/h3-4,7H,1-2,11H2. The molecule has 1 aromatic rings. The van der Waals surface area contributed by atoms with Gasteiger partial charge in [0.15, 0.2) is 0 Å². The number of nitrogens with zero attached hydrogens (tertiary/aromatic N) is 1. The van der Waals surface area contributed by atoms with Crippen molar-refractivity contribution in [2.24, 2.45) is 0 Å². The zero-order valence-corrected chi connectivity index (χ0v) is 9.36. The molecule has 6 heteroatoms. The first-order valence-electron chi connectivity index (χ1n) is 4.43. The number of aromatic nitrogens is 1. The van der Waals surface area contributed by atoms with Gasteiger partial charge in [-0.1, -0.05) is 0 Å². The van der Waals surface area contributed by atoms with Crippen LogP contribution in [-0.2, 0) is 9.53 Å². The molecule has 0 saturated carbocycles. The van der Waals surface area contributed by atoms with Gasteiger partial charge in [-0.2, -0.15) is 0 Å². The molecule has 0 spiro atoms. The maximum Gasteiger partial charge on any atom is 0.329 e. The smallest absolute Gasteiger partial charge is 0.329 e. The molecular formula is C9H9BrN2O3. The van der Waals surface area contributed by atoms with E-state index in [1.165, 1.54) is 6.20 Å². The van der Waals surface area contributed by atoms with E-state index in [-0.39, 0.29) is 23.1 Å². The van der Waals surface area contributed by atoms with Gasteiger partial charge in [-0.3, -0.25) is 4.79 Å². The van der Waals surface area contributed by atoms with Crippen LogP contribution in [0.3, 0.4) is 0 Å². The van der Waals surface area contributed by atoms with Crippen LogP contribution in [0.5, 0.6) is 0 Å². The summed E-state index contributed by atoms with van der Waals surface area (Å²) in [6.45, 7) is 0.410. The molecule has 80 valence electrons. The van der Waals surface area contributed by atoms with Crippen molar-refractivity contribution in [3.05, 3.63) is 27.1 Å². The van der Waals surface area contributed by atoms with Crippen LogP contribution in [0, 0.1) is 0 Å². The van der Waals surface area contributed by atoms with Gasteiger partial charge in [-0.25, -0.2) is 4.79 Å². The minimum Gasteiger partial charge on any atom is -0.464 e. The Hall–Kier alpha value is -1.30. The van der Waals surface area contributed by atoms with Crippen LogP contribution in [0.1, 0.15) is 12.5 Å². The van der Waals surface area contributed by atoms with Gasteiger partial charge < -0.3 is 15.0 Å². The van der Waals surface area contributed by atoms with Crippen molar-refractivity contribution >= 4 is 27.6 Å². The van der Waals surface area contributed by atoms with E-state index in [0.29, 0.717) is 17.5 Å². The average molecular weight is 273 g/mol. The van der Waals surface area contributed by atoms with Crippen LogP contribution in [0.4, 0.5) is 5.69 Å². The topological polar surface area (TPSA) is 74.3 Å². The highest BCUT2D eigenvalue weighted by Gasteiger charge is 2.27. The summed E-state index contributed by atoms with van der Waals surface area (Å²) in [5.41, 5.74) is 5.37. The second-order valence-electron chi connectivity index (χ2n) is 3.31. The van der Waals surface area contributed by atoms with E-state index in [0.717, 1.165) is 0 Å². The molecule has 15 heavy (non-hydrogen) atoms. The van der Waals surface area contributed by atoms with Crippen LogP contribution < -0.4 is 11.2 Å². The first-order chi connectivity index (χ1) is 7.09. The second-order valence-corrected chi connectivity index (χ2v) is 4.16. The van der Waals surface area contributed by atoms with E-state index in [9.17, 15) is 9.59 Å². The highest BCUT2D eigenvalue weighted by molar-refractivity contribution is 9.10. The zero-order chi connectivity index (χ0) is 11.0. The molecule has 1 aromatic heterocycles. The molecule has 1 saturated heterocycles. The van der Waals surface area contributed by atoms with Crippen LogP contribution in [0.2, 0.25) is 0 Å². The Labute approximate surface area is 94.0 Å². The lowest BCUT2D eigenvalue weighted by Crippen LogP contribution is -2.19. The van der Waals surface area contributed by atoms with E-state index >= 15 is 0 Å². The highest BCUT2D eigenvalue weighted by atomic mass is 79.9. The second kappa shape index (κ2) is 3.69. The SMILES string of the molecule is Nc1cn(C2CCOC2=O)cc(Br)c1=O. The van der Waals surface area contributed by atoms with Gasteiger partial charge in [0.2, 0.25) is 5.43 Å². The molecule has 2 N–H and O–H groups in total. The normalized spacial score (nSPS) is 20.3. The quantitative estimate of drug-likeness (QED) is 0.763. The lowest BCUT2D eigenvalue weighted by molar-refractivity contribution is -0.140. The van der Waals surface area contributed by atoms with Gasteiger partial charge in [0.25, 0.3) is 0 Å². The summed E-state index contributed by atoms with van der Waals surface area (Å²) in [6.07, 6.45) is 3.62. The molecule has 0 bridgehead atoms. The van der Waals surface area contributed by atoms with Gasteiger partial charge in [-0.05, 0) is 15.9 Å². The molecule has 1 fully saturated rings. The Morgan fingerprint density at radius 2 is 2.20 bits per heavy atom. The zero-order valence-electron chi connectivity index (χ0n) is 7.77. The number of pyridine rings is 1. The summed E-state index contributed by atoms with van der Waals surface area (Å²) < 4.78 is 6.79. The molecule has 0 amide bonds. The van der Waals surface area contributed by atoms with Crippen molar-refractivity contribution in [3.63, 3.8) is 0 Å². The first kappa shape index (κ1) is 10.2. The molecular weight excluding hydrogens is 264 g/mol. The summed E-state index contributed by atoms with van der Waals surface area (Å²) in [4.78, 5) is 22.6. The number of carbonyl (C=O) groups excluding carboxylic acids is 1. The van der Waals surface area contributed by atoms with Crippen molar-refractivity contribution in [2.75, 3.05) is 12.3 Å². The Kier molecular flexibility index (Phi) is 2.52. The predicted octanol–water partition coefficient (Wildman–Crippen LogP) is 0.681. The number of anilines is 1.